The summed E-state index contributed by atoms with van der Waals surface area (Å²) in [5.74, 6) is 0.148. The highest BCUT2D eigenvalue weighted by Gasteiger charge is 2.30. The molecule has 0 N–H and O–H groups in total. The van der Waals surface area contributed by atoms with Gasteiger partial charge in [-0.15, -0.1) is 11.7 Å². The van der Waals surface area contributed by atoms with E-state index in [9.17, 15) is 4.79 Å². The van der Waals surface area contributed by atoms with Gasteiger partial charge in [0.25, 0.3) is 0 Å². The molecule has 1 aromatic rings. The van der Waals surface area contributed by atoms with Gasteiger partial charge in [-0.1, -0.05) is 11.3 Å². The molecule has 0 saturated heterocycles. The molecule has 0 radical (unpaired) electrons. The second-order valence-electron chi connectivity index (χ2n) is 5.72. The molecule has 1 aliphatic heterocycles. The molecule has 0 saturated carbocycles. The summed E-state index contributed by atoms with van der Waals surface area (Å²) < 4.78 is 7.57. The Balaban J connectivity index is 2.06. The Kier molecular flexibility index (Phi) is 5.68. The number of rotatable bonds is 7. The molecule has 22 heavy (non-hydrogen) atoms. The van der Waals surface area contributed by atoms with Gasteiger partial charge >= 0.3 is 0 Å². The summed E-state index contributed by atoms with van der Waals surface area (Å²) in [4.78, 5) is 15.4. The molecular weight excluding hydrogens is 282 g/mol. The van der Waals surface area contributed by atoms with Gasteiger partial charge in [-0.25, -0.2) is 4.68 Å². The maximum Gasteiger partial charge on any atom is 0.248 e. The van der Waals surface area contributed by atoms with Gasteiger partial charge in [0, 0.05) is 46.2 Å². The lowest BCUT2D eigenvalue weighted by atomic mass is 9.99. The lowest BCUT2D eigenvalue weighted by Gasteiger charge is -2.31. The smallest absolute Gasteiger partial charge is 0.248 e. The first-order valence-corrected chi connectivity index (χ1v) is 7.60. The highest BCUT2D eigenvalue weighted by Crippen LogP contribution is 2.27. The minimum atomic E-state index is -0.0268. The monoisotopic (exact) mass is 307 g/mol. The highest BCUT2D eigenvalue weighted by molar-refractivity contribution is 5.76. The predicted molar refractivity (Wildman–Crippen MR) is 83.4 cm³/mol. The number of likely N-dealkylation sites (N-methyl/N-ethyl adjacent to an activating group) is 1. The van der Waals surface area contributed by atoms with Crippen LogP contribution in [0.4, 0.5) is 0 Å². The Morgan fingerprint density at radius 3 is 2.95 bits per heavy atom. The van der Waals surface area contributed by atoms with E-state index in [-0.39, 0.29) is 18.4 Å². The number of amides is 1. The van der Waals surface area contributed by atoms with Crippen molar-refractivity contribution in [2.75, 3.05) is 40.4 Å². The van der Waals surface area contributed by atoms with E-state index in [1.807, 2.05) is 10.8 Å². The molecule has 7 nitrogen and oxygen atoms in total. The van der Waals surface area contributed by atoms with Crippen LogP contribution in [0.5, 0.6) is 0 Å². The zero-order valence-corrected chi connectivity index (χ0v) is 13.7. The van der Waals surface area contributed by atoms with E-state index < -0.39 is 0 Å². The van der Waals surface area contributed by atoms with E-state index in [0.717, 1.165) is 37.6 Å². The zero-order valence-electron chi connectivity index (χ0n) is 13.7. The first-order chi connectivity index (χ1) is 10.6. The number of hydrogen-bond donors (Lipinski definition) is 0. The van der Waals surface area contributed by atoms with Gasteiger partial charge in [0.15, 0.2) is 0 Å². The third-order valence-electron chi connectivity index (χ3n) is 3.82. The molecule has 0 bridgehead atoms. The van der Waals surface area contributed by atoms with Crippen LogP contribution < -0.4 is 0 Å². The second kappa shape index (κ2) is 7.51. The summed E-state index contributed by atoms with van der Waals surface area (Å²) in [5.41, 5.74) is 2.14. The van der Waals surface area contributed by atoms with E-state index >= 15 is 0 Å². The van der Waals surface area contributed by atoms with Crippen LogP contribution in [0.1, 0.15) is 24.2 Å². The van der Waals surface area contributed by atoms with E-state index in [4.69, 9.17) is 4.74 Å². The van der Waals surface area contributed by atoms with Crippen LogP contribution in [0.3, 0.4) is 0 Å². The molecule has 0 unspecified atom stereocenters. The minimum absolute atomic E-state index is 0.0268. The molecule has 0 aromatic carbocycles. The van der Waals surface area contributed by atoms with Gasteiger partial charge in [0.05, 0.1) is 12.3 Å². The zero-order chi connectivity index (χ0) is 16.1. The third-order valence-corrected chi connectivity index (χ3v) is 3.82. The van der Waals surface area contributed by atoms with Crippen LogP contribution in [-0.2, 0) is 22.6 Å². The fraction of sp³-hybridized carbons (Fsp3) is 0.667. The van der Waals surface area contributed by atoms with Crippen LogP contribution in [-0.4, -0.2) is 71.1 Å². The summed E-state index contributed by atoms with van der Waals surface area (Å²) in [6.45, 7) is 9.70. The van der Waals surface area contributed by atoms with E-state index in [1.54, 1.807) is 14.1 Å². The number of ether oxygens (including phenoxy) is 1. The van der Waals surface area contributed by atoms with Crippen LogP contribution in [0, 0.1) is 0 Å². The summed E-state index contributed by atoms with van der Waals surface area (Å²) in [6, 6.07) is 0. The van der Waals surface area contributed by atoms with Crippen molar-refractivity contribution in [3.05, 3.63) is 24.0 Å². The summed E-state index contributed by atoms with van der Waals surface area (Å²) in [7, 11) is 3.46. The first-order valence-electron chi connectivity index (χ1n) is 7.60. The van der Waals surface area contributed by atoms with Crippen molar-refractivity contribution in [1.82, 2.24) is 24.8 Å². The number of aryl methyl sites for hydroxylation is 1. The fourth-order valence-corrected chi connectivity index (χ4v) is 2.69. The molecule has 1 aromatic heterocycles. The van der Waals surface area contributed by atoms with Gasteiger partial charge in [-0.05, 0) is 6.92 Å². The van der Waals surface area contributed by atoms with Crippen molar-refractivity contribution in [2.45, 2.75) is 25.9 Å². The quantitative estimate of drug-likeness (QED) is 0.686. The summed E-state index contributed by atoms with van der Waals surface area (Å²) >= 11 is 0. The minimum Gasteiger partial charge on any atom is -0.371 e. The normalized spacial score (nSPS) is 18.0. The van der Waals surface area contributed by atoms with Gasteiger partial charge in [0.1, 0.15) is 12.3 Å². The third kappa shape index (κ3) is 3.72. The standard InChI is InChI=1S/C15H25N5O2/c1-5-7-19-8-12(10-22-11-14(21)18(3)4)15-13(9-19)16-17-20(15)6-2/h5,12H,1,6-11H2,2-4H3/t12-/m1/s1. The molecule has 0 fully saturated rings. The maximum absolute atomic E-state index is 11.6. The van der Waals surface area contributed by atoms with Crippen molar-refractivity contribution >= 4 is 5.91 Å². The summed E-state index contributed by atoms with van der Waals surface area (Å²) in [5, 5.41) is 8.50. The average Bonchev–Trinajstić information content (AvgIpc) is 2.90. The van der Waals surface area contributed by atoms with E-state index in [1.165, 1.54) is 4.90 Å². The first kappa shape index (κ1) is 16.6. The van der Waals surface area contributed by atoms with Gasteiger partial charge in [-0.2, -0.15) is 0 Å². The van der Waals surface area contributed by atoms with Crippen LogP contribution in [0.2, 0.25) is 0 Å². The van der Waals surface area contributed by atoms with E-state index in [2.05, 4.69) is 28.7 Å². The SMILES string of the molecule is C=CCN1Cc2nnn(CC)c2[C@@H](COCC(=O)N(C)C)C1. The van der Waals surface area contributed by atoms with Gasteiger partial charge in [0.2, 0.25) is 5.91 Å². The lowest BCUT2D eigenvalue weighted by Crippen LogP contribution is -2.37. The van der Waals surface area contributed by atoms with Crippen LogP contribution in [0.25, 0.3) is 0 Å². The molecule has 1 atom stereocenters. The van der Waals surface area contributed by atoms with Crippen molar-refractivity contribution in [3.63, 3.8) is 0 Å². The number of fused-ring (bicyclic) bond motifs is 1. The number of carbonyl (C=O) groups is 1. The topological polar surface area (TPSA) is 63.5 Å². The average molecular weight is 307 g/mol. The summed E-state index contributed by atoms with van der Waals surface area (Å²) in [6.07, 6.45) is 1.89. The Hall–Kier alpha value is -1.73. The Morgan fingerprint density at radius 1 is 1.55 bits per heavy atom. The molecule has 0 spiro atoms. The number of aromatic nitrogens is 3. The van der Waals surface area contributed by atoms with Crippen molar-refractivity contribution in [2.24, 2.45) is 0 Å². The number of hydrogen-bond acceptors (Lipinski definition) is 5. The molecule has 1 amide bonds. The van der Waals surface area contributed by atoms with Crippen LogP contribution >= 0.6 is 0 Å². The molecule has 2 rings (SSSR count). The van der Waals surface area contributed by atoms with Crippen molar-refractivity contribution < 1.29 is 9.53 Å². The maximum atomic E-state index is 11.6. The second-order valence-corrected chi connectivity index (χ2v) is 5.72. The molecule has 1 aliphatic rings. The Labute approximate surface area is 131 Å². The Bertz CT molecular complexity index is 526. The van der Waals surface area contributed by atoms with Crippen molar-refractivity contribution in [1.29, 1.82) is 0 Å². The molecular formula is C15H25N5O2. The number of carbonyl (C=O) groups excluding carboxylic acids is 1. The van der Waals surface area contributed by atoms with E-state index in [0.29, 0.717) is 6.61 Å². The van der Waals surface area contributed by atoms with Gasteiger partial charge < -0.3 is 9.64 Å². The fourth-order valence-electron chi connectivity index (χ4n) is 2.69. The molecule has 7 heteroatoms. The largest absolute Gasteiger partial charge is 0.371 e. The lowest BCUT2D eigenvalue weighted by molar-refractivity contribution is -0.133. The number of nitrogens with zero attached hydrogens (tertiary/aromatic N) is 5. The van der Waals surface area contributed by atoms with Gasteiger partial charge in [-0.3, -0.25) is 9.69 Å². The van der Waals surface area contributed by atoms with Crippen molar-refractivity contribution in [3.8, 4) is 0 Å². The van der Waals surface area contributed by atoms with Crippen LogP contribution in [0.15, 0.2) is 12.7 Å². The Morgan fingerprint density at radius 2 is 2.32 bits per heavy atom. The molecule has 122 valence electrons. The highest BCUT2D eigenvalue weighted by atomic mass is 16.5. The molecule has 2 heterocycles. The predicted octanol–water partition coefficient (Wildman–Crippen LogP) is 0.488. The molecule has 0 aliphatic carbocycles.